The van der Waals surface area contributed by atoms with Crippen LogP contribution in [0.1, 0.15) is 23.2 Å². The zero-order valence-electron chi connectivity index (χ0n) is 11.8. The monoisotopic (exact) mass is 292 g/mol. The molecule has 1 aliphatic heterocycles. The lowest BCUT2D eigenvalue weighted by atomic mass is 10.0. The summed E-state index contributed by atoms with van der Waals surface area (Å²) in [5.74, 6) is -0.933. The summed E-state index contributed by atoms with van der Waals surface area (Å²) in [5.41, 5.74) is 6.14. The van der Waals surface area contributed by atoms with Crippen molar-refractivity contribution >= 4 is 29.3 Å². The molecule has 1 aromatic rings. The van der Waals surface area contributed by atoms with Gasteiger partial charge in [0.05, 0.1) is 18.4 Å². The van der Waals surface area contributed by atoms with E-state index in [0.717, 1.165) is 4.90 Å². The van der Waals surface area contributed by atoms with Crippen molar-refractivity contribution in [1.29, 1.82) is 0 Å². The first-order valence-corrected chi connectivity index (χ1v) is 6.35. The van der Waals surface area contributed by atoms with Gasteiger partial charge in [0.15, 0.2) is 5.82 Å². The van der Waals surface area contributed by atoms with Gasteiger partial charge in [-0.1, -0.05) is 0 Å². The molecule has 8 heteroatoms. The van der Waals surface area contributed by atoms with Crippen molar-refractivity contribution in [2.75, 3.05) is 25.2 Å². The number of amides is 2. The SMILES string of the molecule is COC(=O)c1ccnc(NC2CCC(=O)N(C)C2=O)c1N. The number of imide groups is 1. The van der Waals surface area contributed by atoms with Crippen molar-refractivity contribution in [1.82, 2.24) is 9.88 Å². The topological polar surface area (TPSA) is 115 Å². The van der Waals surface area contributed by atoms with Crippen molar-refractivity contribution in [2.45, 2.75) is 18.9 Å². The lowest BCUT2D eigenvalue weighted by Gasteiger charge is -2.28. The van der Waals surface area contributed by atoms with Gasteiger partial charge in [-0.15, -0.1) is 0 Å². The van der Waals surface area contributed by atoms with Crippen molar-refractivity contribution in [2.24, 2.45) is 0 Å². The van der Waals surface area contributed by atoms with Gasteiger partial charge in [0.25, 0.3) is 5.91 Å². The molecular formula is C13H16N4O4. The van der Waals surface area contributed by atoms with E-state index in [-0.39, 0.29) is 35.3 Å². The predicted molar refractivity (Wildman–Crippen MR) is 74.4 cm³/mol. The van der Waals surface area contributed by atoms with Gasteiger partial charge in [0.1, 0.15) is 6.04 Å². The van der Waals surface area contributed by atoms with Crippen LogP contribution in [0, 0.1) is 0 Å². The summed E-state index contributed by atoms with van der Waals surface area (Å²) in [6, 6.07) is 0.834. The number of aromatic nitrogens is 1. The largest absolute Gasteiger partial charge is 0.465 e. The Morgan fingerprint density at radius 3 is 2.90 bits per heavy atom. The van der Waals surface area contributed by atoms with Gasteiger partial charge < -0.3 is 15.8 Å². The van der Waals surface area contributed by atoms with E-state index < -0.39 is 12.0 Å². The van der Waals surface area contributed by atoms with E-state index in [1.54, 1.807) is 0 Å². The third-order valence-electron chi connectivity index (χ3n) is 3.36. The molecule has 1 saturated heterocycles. The fourth-order valence-electron chi connectivity index (χ4n) is 2.09. The van der Waals surface area contributed by atoms with Gasteiger partial charge in [-0.3, -0.25) is 14.5 Å². The number of nitrogens with one attached hydrogen (secondary N) is 1. The fraction of sp³-hybridized carbons (Fsp3) is 0.385. The number of carbonyl (C=O) groups excluding carboxylic acids is 3. The second-order valence-electron chi connectivity index (χ2n) is 4.64. The maximum Gasteiger partial charge on any atom is 0.340 e. The summed E-state index contributed by atoms with van der Waals surface area (Å²) in [7, 11) is 2.68. The molecule has 0 saturated carbocycles. The molecule has 1 fully saturated rings. The van der Waals surface area contributed by atoms with Crippen molar-refractivity contribution in [3.05, 3.63) is 17.8 Å². The number of likely N-dealkylation sites (tertiary alicyclic amines) is 1. The number of carbonyl (C=O) groups is 3. The second-order valence-corrected chi connectivity index (χ2v) is 4.64. The van der Waals surface area contributed by atoms with E-state index in [9.17, 15) is 14.4 Å². The van der Waals surface area contributed by atoms with Crippen molar-refractivity contribution < 1.29 is 19.1 Å². The Kier molecular flexibility index (Phi) is 4.06. The normalized spacial score (nSPS) is 18.6. The van der Waals surface area contributed by atoms with Crippen molar-refractivity contribution in [3.8, 4) is 0 Å². The molecule has 2 amide bonds. The summed E-state index contributed by atoms with van der Waals surface area (Å²) in [5, 5.41) is 2.88. The minimum absolute atomic E-state index is 0.108. The number of ether oxygens (including phenoxy) is 1. The Morgan fingerprint density at radius 2 is 2.24 bits per heavy atom. The molecule has 0 spiro atoms. The lowest BCUT2D eigenvalue weighted by molar-refractivity contribution is -0.146. The molecule has 1 unspecified atom stereocenters. The Balaban J connectivity index is 2.22. The first-order chi connectivity index (χ1) is 9.95. The van der Waals surface area contributed by atoms with Gasteiger partial charge in [-0.05, 0) is 12.5 Å². The fourth-order valence-corrected chi connectivity index (χ4v) is 2.09. The number of rotatable bonds is 3. The number of anilines is 2. The lowest BCUT2D eigenvalue weighted by Crippen LogP contribution is -2.48. The van der Waals surface area contributed by atoms with Gasteiger partial charge in [0, 0.05) is 19.7 Å². The maximum absolute atomic E-state index is 12.0. The number of pyridine rings is 1. The Hall–Kier alpha value is -2.64. The smallest absolute Gasteiger partial charge is 0.340 e. The highest BCUT2D eigenvalue weighted by Gasteiger charge is 2.32. The Labute approximate surface area is 121 Å². The van der Waals surface area contributed by atoms with Gasteiger partial charge in [-0.2, -0.15) is 0 Å². The Morgan fingerprint density at radius 1 is 1.52 bits per heavy atom. The standard InChI is InChI=1S/C13H16N4O4/c1-17-9(18)4-3-8(12(17)19)16-11-10(14)7(5-6-15-11)13(20)21-2/h5-6,8H,3-4,14H2,1-2H3,(H,15,16). The van der Waals surface area contributed by atoms with Crippen LogP contribution in [0.5, 0.6) is 0 Å². The average Bonchev–Trinajstić information content (AvgIpc) is 2.49. The number of piperidine rings is 1. The zero-order valence-corrected chi connectivity index (χ0v) is 11.8. The van der Waals surface area contributed by atoms with E-state index >= 15 is 0 Å². The Bertz CT molecular complexity index is 602. The highest BCUT2D eigenvalue weighted by Crippen LogP contribution is 2.23. The molecule has 0 bridgehead atoms. The van der Waals surface area contributed by atoms with Crippen LogP contribution in [0.3, 0.4) is 0 Å². The van der Waals surface area contributed by atoms with Crippen LogP contribution in [0.4, 0.5) is 11.5 Å². The molecular weight excluding hydrogens is 276 g/mol. The van der Waals surface area contributed by atoms with Gasteiger partial charge in [0.2, 0.25) is 5.91 Å². The van der Waals surface area contributed by atoms with Gasteiger partial charge >= 0.3 is 5.97 Å². The number of nitrogen functional groups attached to an aromatic ring is 1. The highest BCUT2D eigenvalue weighted by atomic mass is 16.5. The summed E-state index contributed by atoms with van der Waals surface area (Å²) < 4.78 is 4.62. The molecule has 1 aromatic heterocycles. The summed E-state index contributed by atoms with van der Waals surface area (Å²) in [4.78, 5) is 40.1. The molecule has 112 valence electrons. The van der Waals surface area contributed by atoms with Crippen LogP contribution in [-0.4, -0.2) is 47.9 Å². The molecule has 21 heavy (non-hydrogen) atoms. The first kappa shape index (κ1) is 14.8. The minimum Gasteiger partial charge on any atom is -0.465 e. The first-order valence-electron chi connectivity index (χ1n) is 6.35. The second kappa shape index (κ2) is 5.78. The number of methoxy groups -OCH3 is 1. The van der Waals surface area contributed by atoms with Crippen LogP contribution in [0.25, 0.3) is 0 Å². The van der Waals surface area contributed by atoms with E-state index in [4.69, 9.17) is 5.73 Å². The van der Waals surface area contributed by atoms with E-state index in [2.05, 4.69) is 15.0 Å². The van der Waals surface area contributed by atoms with Crippen LogP contribution >= 0.6 is 0 Å². The molecule has 2 rings (SSSR count). The minimum atomic E-state index is -0.601. The zero-order chi connectivity index (χ0) is 15.6. The number of nitrogens with zero attached hydrogens (tertiary/aromatic N) is 2. The average molecular weight is 292 g/mol. The van der Waals surface area contributed by atoms with Gasteiger partial charge in [-0.25, -0.2) is 9.78 Å². The van der Waals surface area contributed by atoms with Crippen LogP contribution in [0.15, 0.2) is 12.3 Å². The van der Waals surface area contributed by atoms with E-state index in [0.29, 0.717) is 6.42 Å². The molecule has 3 N–H and O–H groups in total. The summed E-state index contributed by atoms with van der Waals surface area (Å²) in [6.07, 6.45) is 2.01. The number of nitrogens with two attached hydrogens (primary N) is 1. The van der Waals surface area contributed by atoms with E-state index in [1.807, 2.05) is 0 Å². The van der Waals surface area contributed by atoms with Crippen LogP contribution in [-0.2, 0) is 14.3 Å². The molecule has 8 nitrogen and oxygen atoms in total. The summed E-state index contributed by atoms with van der Waals surface area (Å²) >= 11 is 0. The predicted octanol–water partition coefficient (Wildman–Crippen LogP) is 0.00970. The molecule has 1 aliphatic rings. The number of likely N-dealkylation sites (N-methyl/N-ethyl adjacent to an activating group) is 1. The van der Waals surface area contributed by atoms with Crippen LogP contribution in [0.2, 0.25) is 0 Å². The molecule has 0 aliphatic carbocycles. The third kappa shape index (κ3) is 2.78. The quantitative estimate of drug-likeness (QED) is 0.595. The number of hydrogen-bond acceptors (Lipinski definition) is 7. The molecule has 0 radical (unpaired) electrons. The molecule has 0 aromatic carbocycles. The highest BCUT2D eigenvalue weighted by molar-refractivity contribution is 6.02. The number of esters is 1. The molecule has 2 heterocycles. The molecule has 1 atom stereocenters. The van der Waals surface area contributed by atoms with Crippen LogP contribution < -0.4 is 11.1 Å². The van der Waals surface area contributed by atoms with E-state index in [1.165, 1.54) is 26.4 Å². The summed E-state index contributed by atoms with van der Waals surface area (Å²) in [6.45, 7) is 0. The maximum atomic E-state index is 12.0. The number of hydrogen-bond donors (Lipinski definition) is 2. The third-order valence-corrected chi connectivity index (χ3v) is 3.36. The van der Waals surface area contributed by atoms with Crippen molar-refractivity contribution in [3.63, 3.8) is 0 Å².